The third kappa shape index (κ3) is 6.63. The van der Waals surface area contributed by atoms with Crippen molar-refractivity contribution in [3.8, 4) is 17.6 Å². The Morgan fingerprint density at radius 1 is 1.16 bits per heavy atom. The second kappa shape index (κ2) is 12.3. The number of aromatic amines is 1. The standard InChI is InChI=1S/C31H31N9O3/c1-39(23-6-7-23)15-2-3-27(41)40-16-12-22(19-40)35-30-28-25(11-14-34-29(28)37-38-30)43-24-8-4-21(5-9-24)31(42)36-26-17-20(18-32)10-13-33-26/h2-5,8-11,13-14,17,22-23H,6-7,12,15-16,19H2,1H3,(H,33,36,42)(H2,34,35,37,38)/t22-/m1/s1. The number of carbonyl (C=O) groups excluding carboxylic acids is 2. The molecule has 1 saturated heterocycles. The molecule has 3 aromatic heterocycles. The molecule has 6 rings (SSSR count). The highest BCUT2D eigenvalue weighted by molar-refractivity contribution is 6.04. The number of hydrogen-bond acceptors (Lipinski definition) is 9. The number of benzene rings is 1. The van der Waals surface area contributed by atoms with Gasteiger partial charge in [-0.3, -0.25) is 19.6 Å². The van der Waals surface area contributed by atoms with Gasteiger partial charge < -0.3 is 20.3 Å². The average Bonchev–Trinajstić information content (AvgIpc) is 3.64. The molecule has 1 aliphatic carbocycles. The molecule has 1 aliphatic heterocycles. The van der Waals surface area contributed by atoms with Gasteiger partial charge >= 0.3 is 0 Å². The van der Waals surface area contributed by atoms with Gasteiger partial charge in [-0.25, -0.2) is 9.97 Å². The van der Waals surface area contributed by atoms with E-state index in [1.54, 1.807) is 48.7 Å². The van der Waals surface area contributed by atoms with Crippen LogP contribution in [-0.4, -0.2) is 80.5 Å². The lowest BCUT2D eigenvalue weighted by atomic mass is 10.2. The lowest BCUT2D eigenvalue weighted by Crippen LogP contribution is -2.30. The molecular weight excluding hydrogens is 546 g/mol. The number of amides is 2. The number of fused-ring (bicyclic) bond motifs is 1. The van der Waals surface area contributed by atoms with E-state index in [0.29, 0.717) is 64.4 Å². The zero-order valence-electron chi connectivity index (χ0n) is 23.7. The fraction of sp³-hybridized carbons (Fsp3) is 0.290. The van der Waals surface area contributed by atoms with E-state index < -0.39 is 0 Å². The van der Waals surface area contributed by atoms with Crippen molar-refractivity contribution < 1.29 is 14.3 Å². The second-order valence-electron chi connectivity index (χ2n) is 10.7. The SMILES string of the molecule is CN(CC=CC(=O)N1CC[C@@H](Nc2n[nH]c3nccc(Oc4ccc(C(=O)Nc5cc(C#N)ccn5)cc4)c23)C1)C1CC1. The number of pyridine rings is 2. The normalized spacial score (nSPS) is 16.5. The molecule has 3 N–H and O–H groups in total. The minimum Gasteiger partial charge on any atom is -0.456 e. The monoisotopic (exact) mass is 577 g/mol. The maximum atomic E-state index is 12.7. The highest BCUT2D eigenvalue weighted by atomic mass is 16.5. The molecule has 2 fully saturated rings. The minimum absolute atomic E-state index is 0.0233. The van der Waals surface area contributed by atoms with Crippen molar-refractivity contribution >= 4 is 34.5 Å². The van der Waals surface area contributed by atoms with Gasteiger partial charge in [0, 0.05) is 61.8 Å². The van der Waals surface area contributed by atoms with E-state index in [1.165, 1.54) is 25.1 Å². The number of likely N-dealkylation sites (N-methyl/N-ethyl adjacent to an activating group) is 1. The number of carbonyl (C=O) groups is 2. The molecule has 2 aliphatic rings. The van der Waals surface area contributed by atoms with Crippen molar-refractivity contribution in [2.24, 2.45) is 0 Å². The van der Waals surface area contributed by atoms with E-state index in [0.717, 1.165) is 13.0 Å². The molecule has 12 nitrogen and oxygen atoms in total. The fourth-order valence-corrected chi connectivity index (χ4v) is 5.03. The molecule has 2 amide bonds. The van der Waals surface area contributed by atoms with Gasteiger partial charge in [-0.1, -0.05) is 6.08 Å². The van der Waals surface area contributed by atoms with E-state index in [4.69, 9.17) is 10.00 Å². The maximum Gasteiger partial charge on any atom is 0.256 e. The summed E-state index contributed by atoms with van der Waals surface area (Å²) in [4.78, 5) is 38.0. The first-order chi connectivity index (χ1) is 21.0. The Hall–Kier alpha value is -5.28. The Kier molecular flexibility index (Phi) is 7.97. The molecule has 1 aromatic carbocycles. The van der Waals surface area contributed by atoms with Gasteiger partial charge in [0.05, 0.1) is 11.6 Å². The van der Waals surface area contributed by atoms with Gasteiger partial charge in [0.1, 0.15) is 22.7 Å². The summed E-state index contributed by atoms with van der Waals surface area (Å²) in [7, 11) is 2.09. The maximum absolute atomic E-state index is 12.7. The van der Waals surface area contributed by atoms with Crippen molar-refractivity contribution in [3.05, 3.63) is 78.1 Å². The third-order valence-electron chi connectivity index (χ3n) is 7.56. The van der Waals surface area contributed by atoms with Crippen LogP contribution in [0.4, 0.5) is 11.6 Å². The Bertz CT molecular complexity index is 1710. The summed E-state index contributed by atoms with van der Waals surface area (Å²) in [5, 5.41) is 23.3. The number of H-pyrrole nitrogens is 1. The van der Waals surface area contributed by atoms with Crippen LogP contribution in [0.2, 0.25) is 0 Å². The lowest BCUT2D eigenvalue weighted by molar-refractivity contribution is -0.125. The molecule has 218 valence electrons. The largest absolute Gasteiger partial charge is 0.456 e. The van der Waals surface area contributed by atoms with Gasteiger partial charge in [0.2, 0.25) is 5.91 Å². The van der Waals surface area contributed by atoms with Crippen molar-refractivity contribution in [3.63, 3.8) is 0 Å². The first-order valence-corrected chi connectivity index (χ1v) is 14.2. The zero-order chi connectivity index (χ0) is 29.8. The molecule has 0 spiro atoms. The van der Waals surface area contributed by atoms with Crippen LogP contribution in [0.1, 0.15) is 35.2 Å². The summed E-state index contributed by atoms with van der Waals surface area (Å²) in [6.45, 7) is 2.03. The third-order valence-corrected chi connectivity index (χ3v) is 7.56. The molecule has 1 saturated carbocycles. The van der Waals surface area contributed by atoms with E-state index in [1.807, 2.05) is 17.0 Å². The number of nitrogens with zero attached hydrogens (tertiary/aromatic N) is 6. The number of likely N-dealkylation sites (tertiary alicyclic amines) is 1. The van der Waals surface area contributed by atoms with Crippen molar-refractivity contribution in [1.29, 1.82) is 5.26 Å². The number of anilines is 2. The van der Waals surface area contributed by atoms with Crippen LogP contribution in [0.5, 0.6) is 11.5 Å². The average molecular weight is 578 g/mol. The quantitative estimate of drug-likeness (QED) is 0.238. The van der Waals surface area contributed by atoms with E-state index in [-0.39, 0.29) is 17.9 Å². The van der Waals surface area contributed by atoms with Crippen molar-refractivity contribution in [2.75, 3.05) is 37.3 Å². The van der Waals surface area contributed by atoms with Gasteiger partial charge in [0.25, 0.3) is 5.91 Å². The number of nitrogens with one attached hydrogen (secondary N) is 3. The first-order valence-electron chi connectivity index (χ1n) is 14.2. The Balaban J connectivity index is 1.08. The minimum atomic E-state index is -0.355. The number of hydrogen-bond donors (Lipinski definition) is 3. The summed E-state index contributed by atoms with van der Waals surface area (Å²) in [6.07, 6.45) is 10.0. The zero-order valence-corrected chi connectivity index (χ0v) is 23.7. The van der Waals surface area contributed by atoms with E-state index >= 15 is 0 Å². The molecule has 43 heavy (non-hydrogen) atoms. The topological polar surface area (TPSA) is 152 Å². The number of aromatic nitrogens is 4. The number of nitriles is 1. The molecular formula is C31H31N9O3. The summed E-state index contributed by atoms with van der Waals surface area (Å²) >= 11 is 0. The molecule has 4 heterocycles. The van der Waals surface area contributed by atoms with Crippen LogP contribution in [0.15, 0.2) is 67.0 Å². The fourth-order valence-electron chi connectivity index (χ4n) is 5.03. The number of rotatable bonds is 10. The Morgan fingerprint density at radius 3 is 2.77 bits per heavy atom. The van der Waals surface area contributed by atoms with Crippen LogP contribution >= 0.6 is 0 Å². The van der Waals surface area contributed by atoms with Crippen molar-refractivity contribution in [1.82, 2.24) is 30.0 Å². The van der Waals surface area contributed by atoms with Crippen LogP contribution < -0.4 is 15.4 Å². The van der Waals surface area contributed by atoms with Crippen LogP contribution in [0.25, 0.3) is 11.0 Å². The molecule has 4 aromatic rings. The van der Waals surface area contributed by atoms with Crippen molar-refractivity contribution in [2.45, 2.75) is 31.3 Å². The molecule has 0 bridgehead atoms. The molecule has 12 heteroatoms. The molecule has 0 radical (unpaired) electrons. The van der Waals surface area contributed by atoms with E-state index in [9.17, 15) is 9.59 Å². The van der Waals surface area contributed by atoms with Crippen LogP contribution in [0.3, 0.4) is 0 Å². The molecule has 1 atom stereocenters. The summed E-state index contributed by atoms with van der Waals surface area (Å²) < 4.78 is 6.18. The van der Waals surface area contributed by atoms with Gasteiger partial charge in [-0.15, -0.1) is 0 Å². The lowest BCUT2D eigenvalue weighted by Gasteiger charge is -2.16. The Labute approximate surface area is 248 Å². The number of ether oxygens (including phenoxy) is 1. The van der Waals surface area contributed by atoms with Crippen LogP contribution in [0, 0.1) is 11.3 Å². The summed E-state index contributed by atoms with van der Waals surface area (Å²) in [6, 6.07) is 14.2. The predicted octanol–water partition coefficient (Wildman–Crippen LogP) is 3.93. The van der Waals surface area contributed by atoms with E-state index in [2.05, 4.69) is 42.7 Å². The Morgan fingerprint density at radius 2 is 1.98 bits per heavy atom. The molecule has 0 unspecified atom stereocenters. The summed E-state index contributed by atoms with van der Waals surface area (Å²) in [5.74, 6) is 1.64. The van der Waals surface area contributed by atoms with Gasteiger partial charge in [0.15, 0.2) is 11.5 Å². The first kappa shape index (κ1) is 27.9. The van der Waals surface area contributed by atoms with Gasteiger partial charge in [-0.05, 0) is 62.7 Å². The van der Waals surface area contributed by atoms with Crippen LogP contribution in [-0.2, 0) is 4.79 Å². The second-order valence-corrected chi connectivity index (χ2v) is 10.7. The summed E-state index contributed by atoms with van der Waals surface area (Å²) in [5.41, 5.74) is 1.38. The highest BCUT2D eigenvalue weighted by Crippen LogP contribution is 2.33. The highest BCUT2D eigenvalue weighted by Gasteiger charge is 2.27. The van der Waals surface area contributed by atoms with Gasteiger partial charge in [-0.2, -0.15) is 10.4 Å². The predicted molar refractivity (Wildman–Crippen MR) is 161 cm³/mol. The smallest absolute Gasteiger partial charge is 0.256 e.